The predicted molar refractivity (Wildman–Crippen MR) is 114 cm³/mol. The van der Waals surface area contributed by atoms with E-state index in [9.17, 15) is 4.79 Å². The van der Waals surface area contributed by atoms with Crippen molar-refractivity contribution in [3.8, 4) is 11.1 Å². The van der Waals surface area contributed by atoms with Gasteiger partial charge in [0.25, 0.3) is 0 Å². The summed E-state index contributed by atoms with van der Waals surface area (Å²) in [5.41, 5.74) is 9.10. The zero-order valence-corrected chi connectivity index (χ0v) is 18.0. The molecule has 0 spiro atoms. The molecule has 9 nitrogen and oxygen atoms in total. The number of hydrogen-bond donors (Lipinski definition) is 1. The number of nitrogens with two attached hydrogens (primary N) is 1. The molecule has 1 aliphatic heterocycles. The van der Waals surface area contributed by atoms with E-state index >= 15 is 0 Å². The minimum atomic E-state index is -0.517. The lowest BCUT2D eigenvalue weighted by Gasteiger charge is -2.36. The van der Waals surface area contributed by atoms with E-state index in [-0.39, 0.29) is 12.1 Å². The molecule has 0 aliphatic carbocycles. The number of hydrogen-bond acceptors (Lipinski definition) is 6. The van der Waals surface area contributed by atoms with Crippen LogP contribution in [-0.2, 0) is 18.2 Å². The number of likely N-dealkylation sites (tertiary alicyclic amines) is 1. The minimum Gasteiger partial charge on any atom is -0.444 e. The first-order chi connectivity index (χ1) is 14.2. The Hall–Kier alpha value is -3.10. The van der Waals surface area contributed by atoms with Crippen LogP contribution in [-0.4, -0.2) is 53.6 Å². The number of ether oxygens (including phenoxy) is 1. The summed E-state index contributed by atoms with van der Waals surface area (Å²) in [5, 5.41) is 8.62. The summed E-state index contributed by atoms with van der Waals surface area (Å²) in [6.07, 6.45) is 8.81. The van der Waals surface area contributed by atoms with Gasteiger partial charge >= 0.3 is 6.09 Å². The molecule has 3 aromatic heterocycles. The molecule has 4 rings (SSSR count). The number of fused-ring (bicyclic) bond motifs is 1. The van der Waals surface area contributed by atoms with E-state index in [0.717, 1.165) is 36.1 Å². The highest BCUT2D eigenvalue weighted by Crippen LogP contribution is 2.27. The molecular weight excluding hydrogens is 382 g/mol. The highest BCUT2D eigenvalue weighted by molar-refractivity contribution is 5.77. The molecule has 1 fully saturated rings. The van der Waals surface area contributed by atoms with Crippen molar-refractivity contribution in [3.63, 3.8) is 0 Å². The maximum Gasteiger partial charge on any atom is 0.410 e. The summed E-state index contributed by atoms with van der Waals surface area (Å²) >= 11 is 0. The minimum absolute atomic E-state index is 0.0349. The van der Waals surface area contributed by atoms with Crippen LogP contribution in [0.15, 0.2) is 24.7 Å². The summed E-state index contributed by atoms with van der Waals surface area (Å²) in [5.74, 6) is 0.518. The molecule has 1 amide bonds. The lowest BCUT2D eigenvalue weighted by atomic mass is 9.98. The van der Waals surface area contributed by atoms with Gasteiger partial charge in [-0.15, -0.1) is 0 Å². The Bertz CT molecular complexity index is 1060. The van der Waals surface area contributed by atoms with Gasteiger partial charge < -0.3 is 15.4 Å². The van der Waals surface area contributed by atoms with Gasteiger partial charge in [-0.25, -0.2) is 9.78 Å². The van der Waals surface area contributed by atoms with Gasteiger partial charge in [-0.2, -0.15) is 14.7 Å². The average molecular weight is 412 g/mol. The molecule has 1 aliphatic rings. The van der Waals surface area contributed by atoms with Gasteiger partial charge in [0.2, 0.25) is 0 Å². The fraction of sp³-hybridized carbons (Fsp3) is 0.524. The summed E-state index contributed by atoms with van der Waals surface area (Å²) in [7, 11) is 1.87. The van der Waals surface area contributed by atoms with Gasteiger partial charge in [-0.3, -0.25) is 4.68 Å². The van der Waals surface area contributed by atoms with Gasteiger partial charge in [0.05, 0.1) is 12.4 Å². The normalized spacial score (nSPS) is 17.5. The lowest BCUT2D eigenvalue weighted by Crippen LogP contribution is -2.47. The van der Waals surface area contributed by atoms with E-state index in [1.807, 2.05) is 45.0 Å². The Labute approximate surface area is 175 Å². The number of nitrogens with zero attached hydrogens (tertiary/aromatic N) is 6. The number of anilines is 1. The fourth-order valence-electron chi connectivity index (χ4n) is 3.92. The fourth-order valence-corrected chi connectivity index (χ4v) is 3.92. The molecule has 2 N–H and O–H groups in total. The van der Waals surface area contributed by atoms with Crippen LogP contribution in [0, 0.1) is 0 Å². The molecule has 0 saturated carbocycles. The first-order valence-electron chi connectivity index (χ1n) is 10.3. The number of amides is 1. The summed E-state index contributed by atoms with van der Waals surface area (Å²) < 4.78 is 9.00. The molecule has 0 bridgehead atoms. The smallest absolute Gasteiger partial charge is 0.410 e. The van der Waals surface area contributed by atoms with E-state index in [1.165, 1.54) is 0 Å². The third kappa shape index (κ3) is 4.10. The van der Waals surface area contributed by atoms with Crippen LogP contribution in [0.25, 0.3) is 16.8 Å². The van der Waals surface area contributed by atoms with Crippen molar-refractivity contribution in [1.29, 1.82) is 0 Å². The van der Waals surface area contributed by atoms with Crippen molar-refractivity contribution < 1.29 is 9.53 Å². The SMILES string of the molecule is Cn1cc(-c2cnn3c(N)cc(CC4CCCCN4C(=O)OC(C)(C)C)nc23)cn1. The van der Waals surface area contributed by atoms with Crippen molar-refractivity contribution in [2.24, 2.45) is 7.05 Å². The van der Waals surface area contributed by atoms with Crippen molar-refractivity contribution in [1.82, 2.24) is 29.3 Å². The number of piperidine rings is 1. The summed E-state index contributed by atoms with van der Waals surface area (Å²) in [6.45, 7) is 6.36. The molecule has 0 aromatic carbocycles. The molecule has 1 atom stereocenters. The Balaban J connectivity index is 1.63. The van der Waals surface area contributed by atoms with Gasteiger partial charge in [-0.05, 0) is 40.0 Å². The van der Waals surface area contributed by atoms with Gasteiger partial charge in [0.1, 0.15) is 11.4 Å². The maximum absolute atomic E-state index is 12.7. The van der Waals surface area contributed by atoms with Crippen LogP contribution < -0.4 is 5.73 Å². The van der Waals surface area contributed by atoms with Crippen molar-refractivity contribution >= 4 is 17.6 Å². The van der Waals surface area contributed by atoms with E-state index in [2.05, 4.69) is 10.2 Å². The monoisotopic (exact) mass is 411 g/mol. The van der Waals surface area contributed by atoms with Crippen LogP contribution in [0.5, 0.6) is 0 Å². The van der Waals surface area contributed by atoms with E-state index in [1.54, 1.807) is 21.6 Å². The van der Waals surface area contributed by atoms with Gasteiger partial charge in [-0.1, -0.05) is 0 Å². The standard InChI is InChI=1S/C21H29N7O2/c1-21(2,3)30-20(29)27-8-6-5-7-16(27)9-15-10-18(22)28-19(25-15)17(12-24-28)14-11-23-26(4)13-14/h10-13,16H,5-9,22H2,1-4H3. The maximum atomic E-state index is 12.7. The second-order valence-electron chi connectivity index (χ2n) is 8.90. The van der Waals surface area contributed by atoms with Crippen LogP contribution in [0.2, 0.25) is 0 Å². The molecule has 160 valence electrons. The molecular formula is C21H29N7O2. The third-order valence-corrected chi connectivity index (χ3v) is 5.27. The number of carbonyl (C=O) groups is 1. The van der Waals surface area contributed by atoms with Crippen LogP contribution in [0.4, 0.5) is 10.6 Å². The number of carbonyl (C=O) groups excluding carboxylic acids is 1. The number of aromatic nitrogens is 5. The quantitative estimate of drug-likeness (QED) is 0.710. The average Bonchev–Trinajstić information content (AvgIpc) is 3.27. The van der Waals surface area contributed by atoms with E-state index in [4.69, 9.17) is 15.5 Å². The Morgan fingerprint density at radius 3 is 2.77 bits per heavy atom. The first kappa shape index (κ1) is 20.2. The molecule has 3 aromatic rings. The molecule has 1 saturated heterocycles. The summed E-state index contributed by atoms with van der Waals surface area (Å²) in [6, 6.07) is 1.88. The zero-order valence-electron chi connectivity index (χ0n) is 18.0. The van der Waals surface area contributed by atoms with Crippen LogP contribution in [0.3, 0.4) is 0 Å². The molecule has 4 heterocycles. The van der Waals surface area contributed by atoms with Crippen molar-refractivity contribution in [3.05, 3.63) is 30.4 Å². The Kier molecular flexibility index (Phi) is 5.13. The molecule has 0 radical (unpaired) electrons. The van der Waals surface area contributed by atoms with Crippen molar-refractivity contribution in [2.75, 3.05) is 12.3 Å². The lowest BCUT2D eigenvalue weighted by molar-refractivity contribution is 0.00986. The highest BCUT2D eigenvalue weighted by atomic mass is 16.6. The molecule has 9 heteroatoms. The van der Waals surface area contributed by atoms with E-state index in [0.29, 0.717) is 24.4 Å². The van der Waals surface area contributed by atoms with Crippen LogP contribution in [0.1, 0.15) is 45.7 Å². The number of rotatable bonds is 3. The summed E-state index contributed by atoms with van der Waals surface area (Å²) in [4.78, 5) is 19.4. The third-order valence-electron chi connectivity index (χ3n) is 5.27. The van der Waals surface area contributed by atoms with Crippen LogP contribution >= 0.6 is 0 Å². The Morgan fingerprint density at radius 2 is 2.07 bits per heavy atom. The number of nitrogen functional groups attached to an aromatic ring is 1. The zero-order chi connectivity index (χ0) is 21.5. The molecule has 30 heavy (non-hydrogen) atoms. The predicted octanol–water partition coefficient (Wildman–Crippen LogP) is 3.04. The van der Waals surface area contributed by atoms with Gasteiger partial charge in [0, 0.05) is 55.1 Å². The number of aryl methyl sites for hydroxylation is 1. The van der Waals surface area contributed by atoms with Crippen molar-refractivity contribution in [2.45, 2.75) is 58.1 Å². The second-order valence-corrected chi connectivity index (χ2v) is 8.90. The molecule has 1 unspecified atom stereocenters. The largest absolute Gasteiger partial charge is 0.444 e. The topological polar surface area (TPSA) is 104 Å². The highest BCUT2D eigenvalue weighted by Gasteiger charge is 2.31. The first-order valence-corrected chi connectivity index (χ1v) is 10.3. The van der Waals surface area contributed by atoms with E-state index < -0.39 is 5.60 Å². The van der Waals surface area contributed by atoms with Gasteiger partial charge in [0.15, 0.2) is 5.65 Å². The second kappa shape index (κ2) is 7.62. The Morgan fingerprint density at radius 1 is 1.27 bits per heavy atom.